The summed E-state index contributed by atoms with van der Waals surface area (Å²) in [6.45, 7) is 1.83. The Morgan fingerprint density at radius 1 is 1.18 bits per heavy atom. The molecule has 0 atom stereocenters. The molecular weight excluding hydrogens is 254 g/mol. The van der Waals surface area contributed by atoms with Gasteiger partial charge in [0.15, 0.2) is 0 Å². The largest absolute Gasteiger partial charge is 0.472 e. The van der Waals surface area contributed by atoms with Gasteiger partial charge in [0.2, 0.25) is 0 Å². The molecular formula is C13H14ClNOS. The van der Waals surface area contributed by atoms with Gasteiger partial charge in [-0.1, -0.05) is 11.6 Å². The average molecular weight is 268 g/mol. The molecule has 1 aromatic carbocycles. The van der Waals surface area contributed by atoms with E-state index in [4.69, 9.17) is 16.0 Å². The van der Waals surface area contributed by atoms with Crippen LogP contribution < -0.4 is 5.32 Å². The first-order valence-electron chi connectivity index (χ1n) is 5.45. The molecule has 0 saturated heterocycles. The number of rotatable bonds is 6. The Hall–Kier alpha value is -0.900. The summed E-state index contributed by atoms with van der Waals surface area (Å²) in [6.07, 6.45) is 3.46. The summed E-state index contributed by atoms with van der Waals surface area (Å²) >= 11 is 7.64. The average Bonchev–Trinajstić information content (AvgIpc) is 2.84. The third kappa shape index (κ3) is 4.46. The molecule has 1 heterocycles. The molecule has 0 aliphatic carbocycles. The molecule has 0 aliphatic heterocycles. The number of furan rings is 1. The first kappa shape index (κ1) is 12.6. The van der Waals surface area contributed by atoms with Gasteiger partial charge in [-0.05, 0) is 30.3 Å². The summed E-state index contributed by atoms with van der Waals surface area (Å²) in [5.74, 6) is 1.04. The van der Waals surface area contributed by atoms with E-state index in [-0.39, 0.29) is 0 Å². The maximum absolute atomic E-state index is 5.82. The third-order valence-corrected chi connectivity index (χ3v) is 3.54. The van der Waals surface area contributed by atoms with Gasteiger partial charge in [-0.25, -0.2) is 0 Å². The first-order valence-corrected chi connectivity index (χ1v) is 6.81. The second kappa shape index (κ2) is 6.74. The molecule has 0 unspecified atom stereocenters. The van der Waals surface area contributed by atoms with Crippen LogP contribution in [0, 0.1) is 0 Å². The lowest BCUT2D eigenvalue weighted by atomic mass is 10.3. The maximum atomic E-state index is 5.82. The van der Waals surface area contributed by atoms with E-state index >= 15 is 0 Å². The highest BCUT2D eigenvalue weighted by molar-refractivity contribution is 7.99. The van der Waals surface area contributed by atoms with Gasteiger partial charge in [-0.15, -0.1) is 11.8 Å². The summed E-state index contributed by atoms with van der Waals surface area (Å²) in [5.41, 5.74) is 1.18. The zero-order chi connectivity index (χ0) is 11.9. The molecule has 4 heteroatoms. The molecule has 17 heavy (non-hydrogen) atoms. The van der Waals surface area contributed by atoms with E-state index in [0.29, 0.717) is 0 Å². The van der Waals surface area contributed by atoms with Gasteiger partial charge in [0.25, 0.3) is 0 Å². The standard InChI is InChI=1S/C13H14ClNOS/c14-12-1-3-13(4-2-12)17-8-6-15-9-11-5-7-16-10-11/h1-5,7,10,15H,6,8-9H2. The lowest BCUT2D eigenvalue weighted by Gasteiger charge is -2.03. The highest BCUT2D eigenvalue weighted by atomic mass is 35.5. The van der Waals surface area contributed by atoms with Crippen molar-refractivity contribution in [2.75, 3.05) is 12.3 Å². The molecule has 0 aliphatic rings. The van der Waals surface area contributed by atoms with Gasteiger partial charge >= 0.3 is 0 Å². The van der Waals surface area contributed by atoms with Crippen LogP contribution in [0.15, 0.2) is 52.2 Å². The Morgan fingerprint density at radius 3 is 2.71 bits per heavy atom. The van der Waals surface area contributed by atoms with Crippen molar-refractivity contribution in [1.82, 2.24) is 5.32 Å². The Morgan fingerprint density at radius 2 is 2.00 bits per heavy atom. The Kier molecular flexibility index (Phi) is 4.98. The van der Waals surface area contributed by atoms with Crippen molar-refractivity contribution in [1.29, 1.82) is 0 Å². The van der Waals surface area contributed by atoms with Crippen molar-refractivity contribution in [3.8, 4) is 0 Å². The third-order valence-electron chi connectivity index (χ3n) is 2.27. The van der Waals surface area contributed by atoms with Gasteiger partial charge in [-0.2, -0.15) is 0 Å². The van der Waals surface area contributed by atoms with Crippen molar-refractivity contribution < 1.29 is 4.42 Å². The fourth-order valence-electron chi connectivity index (χ4n) is 1.40. The number of hydrogen-bond donors (Lipinski definition) is 1. The molecule has 2 aromatic rings. The Balaban J connectivity index is 1.61. The minimum absolute atomic E-state index is 0.785. The zero-order valence-corrected chi connectivity index (χ0v) is 10.9. The van der Waals surface area contributed by atoms with E-state index in [2.05, 4.69) is 5.32 Å². The smallest absolute Gasteiger partial charge is 0.0947 e. The summed E-state index contributed by atoms with van der Waals surface area (Å²) < 4.78 is 4.99. The monoisotopic (exact) mass is 267 g/mol. The lowest BCUT2D eigenvalue weighted by molar-refractivity contribution is 0.561. The van der Waals surface area contributed by atoms with Crippen LogP contribution in [0.2, 0.25) is 5.02 Å². The van der Waals surface area contributed by atoms with Crippen LogP contribution in [0.25, 0.3) is 0 Å². The van der Waals surface area contributed by atoms with Gasteiger partial charge in [0.1, 0.15) is 0 Å². The predicted octanol–water partition coefficient (Wildman–Crippen LogP) is 3.81. The summed E-state index contributed by atoms with van der Waals surface area (Å²) in [4.78, 5) is 1.25. The van der Waals surface area contributed by atoms with Crippen LogP contribution in [0.3, 0.4) is 0 Å². The first-order chi connectivity index (χ1) is 8.34. The number of halogens is 1. The summed E-state index contributed by atoms with van der Waals surface area (Å²) in [7, 11) is 0. The molecule has 0 amide bonds. The minimum Gasteiger partial charge on any atom is -0.472 e. The number of benzene rings is 1. The summed E-state index contributed by atoms with van der Waals surface area (Å²) in [5, 5.41) is 4.15. The molecule has 90 valence electrons. The van der Waals surface area contributed by atoms with Crippen LogP contribution in [0.4, 0.5) is 0 Å². The molecule has 1 N–H and O–H groups in total. The molecule has 0 fully saturated rings. The predicted molar refractivity (Wildman–Crippen MR) is 72.6 cm³/mol. The van der Waals surface area contributed by atoms with Crippen LogP contribution in [0.5, 0.6) is 0 Å². The normalized spacial score (nSPS) is 10.6. The molecule has 2 nitrogen and oxygen atoms in total. The number of thioether (sulfide) groups is 1. The van der Waals surface area contributed by atoms with Gasteiger partial charge in [0.05, 0.1) is 12.5 Å². The second-order valence-electron chi connectivity index (χ2n) is 3.61. The van der Waals surface area contributed by atoms with E-state index in [0.717, 1.165) is 23.9 Å². The van der Waals surface area contributed by atoms with E-state index in [1.165, 1.54) is 10.5 Å². The molecule has 2 rings (SSSR count). The molecule has 0 radical (unpaired) electrons. The van der Waals surface area contributed by atoms with Crippen LogP contribution in [-0.4, -0.2) is 12.3 Å². The fraction of sp³-hybridized carbons (Fsp3) is 0.231. The Bertz CT molecular complexity index is 427. The highest BCUT2D eigenvalue weighted by Crippen LogP contribution is 2.19. The number of hydrogen-bond acceptors (Lipinski definition) is 3. The quantitative estimate of drug-likeness (QED) is 0.636. The minimum atomic E-state index is 0.785. The maximum Gasteiger partial charge on any atom is 0.0947 e. The van der Waals surface area contributed by atoms with Gasteiger partial charge in [0, 0.05) is 34.3 Å². The van der Waals surface area contributed by atoms with Gasteiger partial charge in [-0.3, -0.25) is 0 Å². The van der Waals surface area contributed by atoms with E-state index < -0.39 is 0 Å². The fourth-order valence-corrected chi connectivity index (χ4v) is 2.33. The van der Waals surface area contributed by atoms with E-state index in [1.807, 2.05) is 42.1 Å². The van der Waals surface area contributed by atoms with Gasteiger partial charge < -0.3 is 9.73 Å². The van der Waals surface area contributed by atoms with Crippen molar-refractivity contribution in [2.45, 2.75) is 11.4 Å². The molecule has 1 aromatic heterocycles. The number of nitrogens with one attached hydrogen (secondary N) is 1. The zero-order valence-electron chi connectivity index (χ0n) is 9.36. The van der Waals surface area contributed by atoms with E-state index in [9.17, 15) is 0 Å². The van der Waals surface area contributed by atoms with Crippen molar-refractivity contribution >= 4 is 23.4 Å². The molecule has 0 saturated carbocycles. The van der Waals surface area contributed by atoms with Crippen molar-refractivity contribution in [3.05, 3.63) is 53.4 Å². The van der Waals surface area contributed by atoms with E-state index in [1.54, 1.807) is 12.5 Å². The molecule has 0 spiro atoms. The lowest BCUT2D eigenvalue weighted by Crippen LogP contribution is -2.15. The summed E-state index contributed by atoms with van der Waals surface area (Å²) in [6, 6.07) is 9.90. The Labute approximate surface area is 110 Å². The van der Waals surface area contributed by atoms with Crippen LogP contribution >= 0.6 is 23.4 Å². The topological polar surface area (TPSA) is 25.2 Å². The SMILES string of the molecule is Clc1ccc(SCCNCc2ccoc2)cc1. The van der Waals surface area contributed by atoms with Crippen LogP contribution in [0.1, 0.15) is 5.56 Å². The van der Waals surface area contributed by atoms with Crippen molar-refractivity contribution in [3.63, 3.8) is 0 Å². The van der Waals surface area contributed by atoms with Crippen molar-refractivity contribution in [2.24, 2.45) is 0 Å². The molecule has 0 bridgehead atoms. The van der Waals surface area contributed by atoms with Crippen LogP contribution in [-0.2, 0) is 6.54 Å². The second-order valence-corrected chi connectivity index (χ2v) is 5.22. The highest BCUT2D eigenvalue weighted by Gasteiger charge is 1.95.